The van der Waals surface area contributed by atoms with E-state index in [1.165, 1.54) is 0 Å². The molecule has 0 N–H and O–H groups in total. The Kier molecular flexibility index (Phi) is 5.32. The Morgan fingerprint density at radius 2 is 2.10 bits per heavy atom. The summed E-state index contributed by atoms with van der Waals surface area (Å²) in [7, 11) is 1.62. The first-order valence-electron chi connectivity index (χ1n) is 10.2. The molecule has 1 amide bonds. The lowest BCUT2D eigenvalue weighted by atomic mass is 9.94. The van der Waals surface area contributed by atoms with Crippen LogP contribution in [0.4, 0.5) is 4.79 Å². The molecule has 1 atom stereocenters. The number of ether oxygens (including phenoxy) is 2. The van der Waals surface area contributed by atoms with Gasteiger partial charge in [-0.15, -0.1) is 0 Å². The molecule has 0 saturated carbocycles. The second-order valence-electron chi connectivity index (χ2n) is 8.52. The molecule has 1 aliphatic rings. The van der Waals surface area contributed by atoms with Crippen LogP contribution >= 0.6 is 0 Å². The first kappa shape index (κ1) is 20.1. The van der Waals surface area contributed by atoms with Crippen molar-refractivity contribution in [3.05, 3.63) is 42.5 Å². The van der Waals surface area contributed by atoms with E-state index in [0.29, 0.717) is 24.6 Å². The van der Waals surface area contributed by atoms with Crippen molar-refractivity contribution in [1.82, 2.24) is 24.5 Å². The number of aromatic nitrogens is 4. The summed E-state index contributed by atoms with van der Waals surface area (Å²) in [5.74, 6) is 0.710. The highest BCUT2D eigenvalue weighted by Gasteiger charge is 2.30. The van der Waals surface area contributed by atoms with E-state index >= 15 is 0 Å². The third-order valence-electron chi connectivity index (χ3n) is 5.13. The third-order valence-corrected chi connectivity index (χ3v) is 5.13. The average molecular weight is 409 g/mol. The molecule has 3 aromatic heterocycles. The van der Waals surface area contributed by atoms with E-state index < -0.39 is 5.60 Å². The summed E-state index contributed by atoms with van der Waals surface area (Å²) in [6.45, 7) is 6.90. The third kappa shape index (κ3) is 4.08. The lowest BCUT2D eigenvalue weighted by Crippen LogP contribution is -2.42. The highest BCUT2D eigenvalue weighted by atomic mass is 16.6. The molecule has 0 spiro atoms. The first-order chi connectivity index (χ1) is 14.4. The minimum atomic E-state index is -0.513. The molecule has 1 saturated heterocycles. The molecule has 3 aromatic rings. The predicted octanol–water partition coefficient (Wildman–Crippen LogP) is 3.91. The Morgan fingerprint density at radius 3 is 2.80 bits per heavy atom. The molecular weight excluding hydrogens is 382 g/mol. The highest BCUT2D eigenvalue weighted by molar-refractivity contribution is 5.77. The molecular formula is C22H27N5O3. The van der Waals surface area contributed by atoms with Crippen LogP contribution in [0, 0.1) is 0 Å². The van der Waals surface area contributed by atoms with Crippen molar-refractivity contribution in [2.45, 2.75) is 45.1 Å². The van der Waals surface area contributed by atoms with Crippen LogP contribution in [-0.2, 0) is 4.74 Å². The predicted molar refractivity (Wildman–Crippen MR) is 113 cm³/mol. The largest absolute Gasteiger partial charge is 0.481 e. The molecule has 30 heavy (non-hydrogen) atoms. The molecule has 0 bridgehead atoms. The highest BCUT2D eigenvalue weighted by Crippen LogP contribution is 2.32. The molecule has 1 unspecified atom stereocenters. The number of carbonyl (C=O) groups is 1. The van der Waals surface area contributed by atoms with Gasteiger partial charge in [0.1, 0.15) is 5.60 Å². The summed E-state index contributed by atoms with van der Waals surface area (Å²) in [5.41, 5.74) is 2.92. The summed E-state index contributed by atoms with van der Waals surface area (Å²) in [5, 5.41) is 4.45. The minimum absolute atomic E-state index is 0.0989. The fourth-order valence-corrected chi connectivity index (χ4v) is 3.74. The summed E-state index contributed by atoms with van der Waals surface area (Å²) in [4.78, 5) is 23.5. The van der Waals surface area contributed by atoms with Crippen molar-refractivity contribution in [2.24, 2.45) is 0 Å². The topological polar surface area (TPSA) is 81.8 Å². The number of piperidine rings is 1. The van der Waals surface area contributed by atoms with E-state index in [2.05, 4.69) is 10.1 Å². The first-order valence-corrected chi connectivity index (χ1v) is 10.2. The molecule has 0 aliphatic carbocycles. The maximum absolute atomic E-state index is 12.6. The maximum Gasteiger partial charge on any atom is 0.410 e. The Balaban J connectivity index is 1.67. The summed E-state index contributed by atoms with van der Waals surface area (Å²) >= 11 is 0. The molecule has 0 aromatic carbocycles. The van der Waals surface area contributed by atoms with Gasteiger partial charge in [-0.25, -0.2) is 9.78 Å². The minimum Gasteiger partial charge on any atom is -0.481 e. The molecule has 1 aliphatic heterocycles. The van der Waals surface area contributed by atoms with Crippen LogP contribution in [0.5, 0.6) is 5.88 Å². The average Bonchev–Trinajstić information content (AvgIpc) is 3.16. The number of rotatable bonds is 3. The zero-order valence-corrected chi connectivity index (χ0v) is 17.8. The van der Waals surface area contributed by atoms with Gasteiger partial charge in [0.2, 0.25) is 5.88 Å². The van der Waals surface area contributed by atoms with E-state index in [0.717, 1.165) is 29.7 Å². The summed E-state index contributed by atoms with van der Waals surface area (Å²) in [6, 6.07) is 5.78. The number of methoxy groups -OCH3 is 1. The van der Waals surface area contributed by atoms with Gasteiger partial charge in [0.05, 0.1) is 19.0 Å². The summed E-state index contributed by atoms with van der Waals surface area (Å²) < 4.78 is 12.8. The molecule has 158 valence electrons. The molecule has 4 heterocycles. The van der Waals surface area contributed by atoms with Crippen molar-refractivity contribution in [3.63, 3.8) is 0 Å². The lowest BCUT2D eigenvalue weighted by molar-refractivity contribution is 0.0197. The maximum atomic E-state index is 12.6. The van der Waals surface area contributed by atoms with Gasteiger partial charge in [-0.05, 0) is 39.7 Å². The van der Waals surface area contributed by atoms with Crippen LogP contribution in [0.25, 0.3) is 16.8 Å². The lowest BCUT2D eigenvalue weighted by Gasteiger charge is -2.34. The van der Waals surface area contributed by atoms with E-state index in [1.54, 1.807) is 35.1 Å². The van der Waals surface area contributed by atoms with E-state index in [1.807, 2.05) is 39.0 Å². The number of carbonyl (C=O) groups excluding carboxylic acids is 1. The zero-order chi connectivity index (χ0) is 21.3. The second kappa shape index (κ2) is 7.93. The monoisotopic (exact) mass is 409 g/mol. The van der Waals surface area contributed by atoms with Gasteiger partial charge < -0.3 is 14.4 Å². The van der Waals surface area contributed by atoms with Crippen molar-refractivity contribution in [2.75, 3.05) is 20.2 Å². The van der Waals surface area contributed by atoms with Gasteiger partial charge in [0.25, 0.3) is 0 Å². The van der Waals surface area contributed by atoms with Crippen LogP contribution in [0.2, 0.25) is 0 Å². The number of hydrogen-bond donors (Lipinski definition) is 0. The Hall–Kier alpha value is -3.16. The SMILES string of the molecule is COc1cc(C2CCCN(C(=O)OC(C)(C)C)C2)nc2c(-c3cccnc3)cnn12. The van der Waals surface area contributed by atoms with E-state index in [9.17, 15) is 4.79 Å². The normalized spacial score (nSPS) is 17.2. The van der Waals surface area contributed by atoms with Crippen LogP contribution < -0.4 is 4.74 Å². The standard InChI is InChI=1S/C22H27N5O3/c1-22(2,3)30-21(28)26-10-6-8-16(14-26)18-11-19(29-4)27-20(25-18)17(13-24-27)15-7-5-9-23-12-15/h5,7,9,11-13,16H,6,8,10,14H2,1-4H3. The molecule has 8 heteroatoms. The number of amides is 1. The van der Waals surface area contributed by atoms with Crippen molar-refractivity contribution in [1.29, 1.82) is 0 Å². The Bertz CT molecular complexity index is 1040. The van der Waals surface area contributed by atoms with Gasteiger partial charge in [-0.3, -0.25) is 4.98 Å². The fraction of sp³-hybridized carbons (Fsp3) is 0.455. The van der Waals surface area contributed by atoms with Gasteiger partial charge in [-0.2, -0.15) is 9.61 Å². The van der Waals surface area contributed by atoms with Crippen LogP contribution in [-0.4, -0.2) is 56.4 Å². The second-order valence-corrected chi connectivity index (χ2v) is 8.52. The van der Waals surface area contributed by atoms with E-state index in [4.69, 9.17) is 14.5 Å². The number of likely N-dealkylation sites (tertiary alicyclic amines) is 1. The molecule has 4 rings (SSSR count). The number of hydrogen-bond acceptors (Lipinski definition) is 6. The van der Waals surface area contributed by atoms with Gasteiger partial charge in [-0.1, -0.05) is 6.07 Å². The number of pyridine rings is 1. The smallest absolute Gasteiger partial charge is 0.410 e. The van der Waals surface area contributed by atoms with Crippen LogP contribution in [0.3, 0.4) is 0 Å². The van der Waals surface area contributed by atoms with Gasteiger partial charge >= 0.3 is 6.09 Å². The molecule has 8 nitrogen and oxygen atoms in total. The van der Waals surface area contributed by atoms with Crippen LogP contribution in [0.1, 0.15) is 45.2 Å². The van der Waals surface area contributed by atoms with Crippen molar-refractivity contribution in [3.8, 4) is 17.0 Å². The Morgan fingerprint density at radius 1 is 1.27 bits per heavy atom. The number of fused-ring (bicyclic) bond motifs is 1. The van der Waals surface area contributed by atoms with Crippen molar-refractivity contribution < 1.29 is 14.3 Å². The molecule has 0 radical (unpaired) electrons. The van der Waals surface area contributed by atoms with Crippen molar-refractivity contribution >= 4 is 11.7 Å². The van der Waals surface area contributed by atoms with Gasteiger partial charge in [0, 0.05) is 48.6 Å². The summed E-state index contributed by atoms with van der Waals surface area (Å²) in [6.07, 6.45) is 6.88. The van der Waals surface area contributed by atoms with E-state index in [-0.39, 0.29) is 12.0 Å². The molecule has 1 fully saturated rings. The van der Waals surface area contributed by atoms with Gasteiger partial charge in [0.15, 0.2) is 5.65 Å². The zero-order valence-electron chi connectivity index (χ0n) is 17.8. The number of nitrogens with zero attached hydrogens (tertiary/aromatic N) is 5. The Labute approximate surface area is 175 Å². The van der Waals surface area contributed by atoms with Crippen LogP contribution in [0.15, 0.2) is 36.8 Å². The quantitative estimate of drug-likeness (QED) is 0.652. The fourth-order valence-electron chi connectivity index (χ4n) is 3.74.